The molecule has 1 aliphatic rings. The van der Waals surface area contributed by atoms with Gasteiger partial charge < -0.3 is 9.84 Å². The minimum absolute atomic E-state index is 0.124. The lowest BCUT2D eigenvalue weighted by atomic mass is 9.92. The maximum absolute atomic E-state index is 12.2. The number of ether oxygens (including phenoxy) is 1. The van der Waals surface area contributed by atoms with Crippen molar-refractivity contribution < 1.29 is 24.5 Å². The van der Waals surface area contributed by atoms with Gasteiger partial charge in [0.2, 0.25) is 0 Å². The van der Waals surface area contributed by atoms with Crippen LogP contribution in [0.4, 0.5) is 5.69 Å². The highest BCUT2D eigenvalue weighted by Gasteiger charge is 2.44. The van der Waals surface area contributed by atoms with Crippen molar-refractivity contribution >= 4 is 41.8 Å². The van der Waals surface area contributed by atoms with Gasteiger partial charge in [-0.25, -0.2) is 15.8 Å². The first-order valence-electron chi connectivity index (χ1n) is 9.98. The molecule has 3 N–H and O–H groups in total. The number of benzene rings is 2. The Hall–Kier alpha value is -4.13. The van der Waals surface area contributed by atoms with E-state index < -0.39 is 44.5 Å². The van der Waals surface area contributed by atoms with Gasteiger partial charge in [-0.2, -0.15) is 5.26 Å². The van der Waals surface area contributed by atoms with Gasteiger partial charge in [-0.1, -0.05) is 12.1 Å². The van der Waals surface area contributed by atoms with E-state index in [9.17, 15) is 30.1 Å². The third-order valence-electron chi connectivity index (χ3n) is 5.07. The fourth-order valence-corrected chi connectivity index (χ4v) is 4.06. The first kappa shape index (κ1) is 26.5. The second-order valence-electron chi connectivity index (χ2n) is 7.31. The molecule has 2 aromatic carbocycles. The smallest absolute Gasteiger partial charge is 0.352 e. The topological polar surface area (TPSA) is 198 Å². The number of thioether (sulfide) groups is 1. The molecule has 15 heteroatoms. The molecule has 36 heavy (non-hydrogen) atoms. The van der Waals surface area contributed by atoms with Crippen LogP contribution in [0, 0.1) is 37.5 Å². The largest absolute Gasteiger partial charge is 0.481 e. The maximum atomic E-state index is 12.2. The molecular weight excluding hydrogens is 512 g/mol. The average molecular weight is 531 g/mol. The summed E-state index contributed by atoms with van der Waals surface area (Å²) >= 11 is 5.26. The van der Waals surface area contributed by atoms with Gasteiger partial charge in [0.05, 0.1) is 15.9 Å². The number of aliphatic carboxylic acids is 1. The highest BCUT2D eigenvalue weighted by molar-refractivity contribution is 7.99. The van der Waals surface area contributed by atoms with Crippen molar-refractivity contribution in [1.82, 2.24) is 5.01 Å². The summed E-state index contributed by atoms with van der Waals surface area (Å²) in [6.45, 7) is 0. The van der Waals surface area contributed by atoms with Gasteiger partial charge in [0, 0.05) is 4.90 Å². The van der Waals surface area contributed by atoms with Gasteiger partial charge in [-0.3, -0.25) is 25.0 Å². The summed E-state index contributed by atoms with van der Waals surface area (Å²) in [4.78, 5) is 38.9. The van der Waals surface area contributed by atoms with Crippen molar-refractivity contribution in [3.05, 3.63) is 85.4 Å². The van der Waals surface area contributed by atoms with Crippen molar-refractivity contribution in [2.75, 3.05) is 6.26 Å². The molecule has 0 spiro atoms. The van der Waals surface area contributed by atoms with E-state index >= 15 is 0 Å². The molecule has 0 saturated carbocycles. The standard InChI is InChI=1S/C21H18N6O7S2/c1-36-21-24-17(15(20(28)29)8-11-2-6-14(35)7-3-11)18(27(32)33)19(25(21)23)34-13-5-4-12(10-22)16(9-13)26(30)31/h2-7,9,15,21,35H,8,23H2,1H3,(H,28,29). The zero-order chi connectivity index (χ0) is 26.6. The molecule has 1 heterocycles. The van der Waals surface area contributed by atoms with Crippen LogP contribution in [0.3, 0.4) is 0 Å². The Morgan fingerprint density at radius 3 is 2.50 bits per heavy atom. The molecular formula is C21H18N6O7S2. The highest BCUT2D eigenvalue weighted by atomic mass is 32.2. The molecule has 1 aliphatic heterocycles. The van der Waals surface area contributed by atoms with Gasteiger partial charge >= 0.3 is 11.7 Å². The Morgan fingerprint density at radius 2 is 1.97 bits per heavy atom. The normalized spacial score (nSPS) is 16.1. The van der Waals surface area contributed by atoms with E-state index in [0.29, 0.717) is 10.5 Å². The molecule has 0 aliphatic carbocycles. The SMILES string of the molecule is CSC1N=C(C(Cc2ccc(S)cc2)C(=O)O)C([N+](=O)[O-])=C(Oc2ccc(C#N)c([N+](=O)[O-])c2)N1N. The quantitative estimate of drug-likeness (QED) is 0.186. The van der Waals surface area contributed by atoms with E-state index in [1.807, 2.05) is 0 Å². The number of nitro benzene ring substituents is 1. The number of carbonyl (C=O) groups is 1. The number of hydrogen-bond donors (Lipinski definition) is 3. The van der Waals surface area contributed by atoms with Crippen LogP contribution >= 0.6 is 24.4 Å². The van der Waals surface area contributed by atoms with Crippen LogP contribution < -0.4 is 10.6 Å². The Bertz CT molecular complexity index is 1320. The molecule has 0 amide bonds. The zero-order valence-corrected chi connectivity index (χ0v) is 20.2. The van der Waals surface area contributed by atoms with Gasteiger partial charge in [0.25, 0.3) is 11.6 Å². The van der Waals surface area contributed by atoms with Crippen LogP contribution in [0.5, 0.6) is 5.75 Å². The maximum Gasteiger partial charge on any atom is 0.352 e. The molecule has 0 saturated heterocycles. The van der Waals surface area contributed by atoms with Crippen molar-refractivity contribution in [2.24, 2.45) is 16.8 Å². The van der Waals surface area contributed by atoms with Gasteiger partial charge in [-0.15, -0.1) is 24.4 Å². The van der Waals surface area contributed by atoms with Crippen LogP contribution in [0.25, 0.3) is 0 Å². The summed E-state index contributed by atoms with van der Waals surface area (Å²) in [5.41, 5.74) is -2.41. The summed E-state index contributed by atoms with van der Waals surface area (Å²) in [6.07, 6.45) is 1.48. The Morgan fingerprint density at radius 1 is 1.31 bits per heavy atom. The molecule has 3 rings (SSSR count). The van der Waals surface area contributed by atoms with E-state index in [2.05, 4.69) is 17.6 Å². The predicted molar refractivity (Wildman–Crippen MR) is 132 cm³/mol. The number of rotatable bonds is 9. The van der Waals surface area contributed by atoms with Crippen LogP contribution in [0.2, 0.25) is 0 Å². The third-order valence-corrected chi connectivity index (χ3v) is 6.12. The third kappa shape index (κ3) is 5.57. The van der Waals surface area contributed by atoms with Gasteiger partial charge in [0.15, 0.2) is 5.50 Å². The predicted octanol–water partition coefficient (Wildman–Crippen LogP) is 2.80. The minimum atomic E-state index is -1.44. The second kappa shape index (κ2) is 11.1. The van der Waals surface area contributed by atoms with E-state index in [0.717, 1.165) is 28.9 Å². The number of nitriles is 1. The number of nitrogens with zero attached hydrogens (tertiary/aromatic N) is 5. The summed E-state index contributed by atoms with van der Waals surface area (Å²) in [7, 11) is 0. The van der Waals surface area contributed by atoms with E-state index in [4.69, 9.17) is 15.8 Å². The van der Waals surface area contributed by atoms with Crippen LogP contribution in [0.1, 0.15) is 11.1 Å². The molecule has 0 bridgehead atoms. The minimum Gasteiger partial charge on any atom is -0.481 e. The first-order chi connectivity index (χ1) is 17.1. The van der Waals surface area contributed by atoms with Crippen molar-refractivity contribution in [2.45, 2.75) is 16.8 Å². The Balaban J connectivity index is 2.13. The molecule has 0 fully saturated rings. The van der Waals surface area contributed by atoms with Crippen molar-refractivity contribution in [3.63, 3.8) is 0 Å². The first-order valence-corrected chi connectivity index (χ1v) is 11.7. The Kier molecular flexibility index (Phi) is 8.14. The molecule has 2 unspecified atom stereocenters. The van der Waals surface area contributed by atoms with E-state index in [1.54, 1.807) is 36.6 Å². The van der Waals surface area contributed by atoms with E-state index in [-0.39, 0.29) is 23.4 Å². The summed E-state index contributed by atoms with van der Waals surface area (Å²) in [6, 6.07) is 11.5. The number of hydrogen-bond acceptors (Lipinski definition) is 12. The molecule has 186 valence electrons. The molecule has 2 atom stereocenters. The lowest BCUT2D eigenvalue weighted by molar-refractivity contribution is -0.420. The van der Waals surface area contributed by atoms with Crippen LogP contribution in [-0.2, 0) is 11.2 Å². The summed E-state index contributed by atoms with van der Waals surface area (Å²) < 4.78 is 5.62. The number of nitrogens with two attached hydrogens (primary N) is 1. The number of carboxylic acid groups (broad SMARTS) is 1. The number of hydrazine groups is 1. The zero-order valence-electron chi connectivity index (χ0n) is 18.5. The van der Waals surface area contributed by atoms with Gasteiger partial charge in [-0.05, 0) is 42.5 Å². The number of nitro groups is 2. The molecule has 0 aromatic heterocycles. The lowest BCUT2D eigenvalue weighted by Crippen LogP contribution is -2.47. The average Bonchev–Trinajstić information content (AvgIpc) is 2.84. The Labute approximate surface area is 213 Å². The molecule has 13 nitrogen and oxygen atoms in total. The number of carboxylic acids is 1. The van der Waals surface area contributed by atoms with Crippen LogP contribution in [0.15, 0.2) is 63.9 Å². The fourth-order valence-electron chi connectivity index (χ4n) is 3.37. The number of allylic oxidation sites excluding steroid dienone is 1. The lowest BCUT2D eigenvalue weighted by Gasteiger charge is -2.31. The monoisotopic (exact) mass is 530 g/mol. The highest BCUT2D eigenvalue weighted by Crippen LogP contribution is 2.33. The number of aliphatic imine (C=N–C) groups is 1. The number of thiol groups is 1. The molecule has 0 radical (unpaired) electrons. The van der Waals surface area contributed by atoms with Crippen molar-refractivity contribution in [3.8, 4) is 11.8 Å². The van der Waals surface area contributed by atoms with Gasteiger partial charge in [0.1, 0.15) is 29.0 Å². The molecule has 2 aromatic rings. The van der Waals surface area contributed by atoms with Crippen LogP contribution in [-0.4, -0.2) is 43.4 Å². The summed E-state index contributed by atoms with van der Waals surface area (Å²) in [5, 5.41) is 43.4. The van der Waals surface area contributed by atoms with Crippen molar-refractivity contribution in [1.29, 1.82) is 5.26 Å². The second-order valence-corrected chi connectivity index (χ2v) is 8.72. The van der Waals surface area contributed by atoms with E-state index in [1.165, 1.54) is 6.07 Å². The summed E-state index contributed by atoms with van der Waals surface area (Å²) in [5.74, 6) is 2.48. The fraction of sp³-hybridized carbons (Fsp3) is 0.190.